The number of carbonyl (C=O) groups is 1. The number of benzene rings is 2. The van der Waals surface area contributed by atoms with Gasteiger partial charge in [-0.2, -0.15) is 0 Å². The third-order valence-electron chi connectivity index (χ3n) is 5.05. The van der Waals surface area contributed by atoms with Gasteiger partial charge in [-0.05, 0) is 29.8 Å². The molecule has 27 heavy (non-hydrogen) atoms. The first-order valence-electron chi connectivity index (χ1n) is 9.30. The average molecular weight is 380 g/mol. The number of halogens is 1. The smallest absolute Gasteiger partial charge is 0.230 e. The fourth-order valence-corrected chi connectivity index (χ4v) is 3.78. The van der Waals surface area contributed by atoms with E-state index in [1.54, 1.807) is 0 Å². The Bertz CT molecular complexity index is 939. The average Bonchev–Trinajstić information content (AvgIpc) is 2.73. The molecule has 1 aliphatic rings. The number of carbonyl (C=O) groups excluding carboxylic acids is 1. The van der Waals surface area contributed by atoms with E-state index in [0.717, 1.165) is 48.3 Å². The molecule has 1 aromatic heterocycles. The first-order chi connectivity index (χ1) is 13.2. The molecule has 4 rings (SSSR count). The highest BCUT2D eigenvalue weighted by Gasteiger charge is 2.27. The summed E-state index contributed by atoms with van der Waals surface area (Å²) in [6.45, 7) is 3.21. The van der Waals surface area contributed by atoms with Gasteiger partial charge in [0.05, 0.1) is 11.4 Å². The molecule has 1 amide bonds. The van der Waals surface area contributed by atoms with E-state index in [4.69, 9.17) is 16.6 Å². The molecular weight excluding hydrogens is 358 g/mol. The van der Waals surface area contributed by atoms with Crippen molar-refractivity contribution in [1.29, 1.82) is 0 Å². The summed E-state index contributed by atoms with van der Waals surface area (Å²) < 4.78 is 0. The van der Waals surface area contributed by atoms with E-state index >= 15 is 0 Å². The molecule has 0 aliphatic carbocycles. The molecule has 2 aromatic carbocycles. The second-order valence-electron chi connectivity index (χ2n) is 6.88. The standard InChI is InChI=1S/C22H22ClN3O/c23-18-7-9-21-17(14-18)6-8-19(25-21)15-20(16-4-2-1-3-5-16)22(27)26-12-10-24-11-13-26/h1-9,14,20,24H,10-13,15H2. The van der Waals surface area contributed by atoms with Gasteiger partial charge in [0.15, 0.2) is 0 Å². The molecule has 138 valence electrons. The van der Waals surface area contributed by atoms with Crippen molar-refractivity contribution in [2.24, 2.45) is 0 Å². The van der Waals surface area contributed by atoms with Crippen molar-refractivity contribution >= 4 is 28.4 Å². The van der Waals surface area contributed by atoms with Crippen LogP contribution in [-0.4, -0.2) is 42.0 Å². The van der Waals surface area contributed by atoms with Crippen LogP contribution in [0.3, 0.4) is 0 Å². The number of amides is 1. The van der Waals surface area contributed by atoms with Gasteiger partial charge >= 0.3 is 0 Å². The molecule has 4 nitrogen and oxygen atoms in total. The molecule has 0 bridgehead atoms. The molecule has 1 fully saturated rings. The lowest BCUT2D eigenvalue weighted by atomic mass is 9.92. The Kier molecular flexibility index (Phi) is 5.37. The quantitative estimate of drug-likeness (QED) is 0.752. The first kappa shape index (κ1) is 18.0. The van der Waals surface area contributed by atoms with Crippen LogP contribution in [0.5, 0.6) is 0 Å². The Hall–Kier alpha value is -2.43. The molecule has 3 aromatic rings. The fourth-order valence-electron chi connectivity index (χ4n) is 3.60. The zero-order valence-electron chi connectivity index (χ0n) is 15.1. The van der Waals surface area contributed by atoms with Crippen molar-refractivity contribution in [2.45, 2.75) is 12.3 Å². The van der Waals surface area contributed by atoms with Gasteiger partial charge in [0.1, 0.15) is 0 Å². The lowest BCUT2D eigenvalue weighted by Crippen LogP contribution is -2.48. The molecule has 0 radical (unpaired) electrons. The van der Waals surface area contributed by atoms with E-state index in [9.17, 15) is 4.79 Å². The Morgan fingerprint density at radius 3 is 2.63 bits per heavy atom. The minimum absolute atomic E-state index is 0.181. The molecule has 0 saturated carbocycles. The van der Waals surface area contributed by atoms with Crippen molar-refractivity contribution in [3.8, 4) is 0 Å². The predicted octanol–water partition coefficient (Wildman–Crippen LogP) is 3.65. The number of rotatable bonds is 4. The van der Waals surface area contributed by atoms with E-state index in [2.05, 4.69) is 5.32 Å². The van der Waals surface area contributed by atoms with Crippen molar-refractivity contribution in [1.82, 2.24) is 15.2 Å². The SMILES string of the molecule is O=C(C(Cc1ccc2cc(Cl)ccc2n1)c1ccccc1)N1CCNCC1. The molecule has 1 saturated heterocycles. The maximum atomic E-state index is 13.3. The Morgan fingerprint density at radius 1 is 1.07 bits per heavy atom. The normalized spacial score (nSPS) is 15.7. The monoisotopic (exact) mass is 379 g/mol. The molecule has 1 N–H and O–H groups in total. The number of nitrogens with zero attached hydrogens (tertiary/aromatic N) is 2. The third kappa shape index (κ3) is 4.12. The van der Waals surface area contributed by atoms with E-state index in [1.807, 2.05) is 65.6 Å². The summed E-state index contributed by atoms with van der Waals surface area (Å²) in [6.07, 6.45) is 0.589. The largest absolute Gasteiger partial charge is 0.340 e. The van der Waals surface area contributed by atoms with Crippen molar-refractivity contribution < 1.29 is 4.79 Å². The maximum absolute atomic E-state index is 13.3. The Morgan fingerprint density at radius 2 is 1.85 bits per heavy atom. The highest BCUT2D eigenvalue weighted by Crippen LogP contribution is 2.25. The highest BCUT2D eigenvalue weighted by molar-refractivity contribution is 6.31. The van der Waals surface area contributed by atoms with Gasteiger partial charge in [0.25, 0.3) is 0 Å². The van der Waals surface area contributed by atoms with Gasteiger partial charge in [0.2, 0.25) is 5.91 Å². The molecule has 1 aliphatic heterocycles. The Balaban J connectivity index is 1.64. The molecule has 1 atom stereocenters. The second kappa shape index (κ2) is 8.07. The van der Waals surface area contributed by atoms with Crippen LogP contribution in [0.2, 0.25) is 5.02 Å². The zero-order chi connectivity index (χ0) is 18.6. The highest BCUT2D eigenvalue weighted by atomic mass is 35.5. The summed E-state index contributed by atoms with van der Waals surface area (Å²) >= 11 is 6.07. The number of pyridine rings is 1. The van der Waals surface area contributed by atoms with Crippen molar-refractivity contribution in [3.05, 3.63) is 76.9 Å². The summed E-state index contributed by atoms with van der Waals surface area (Å²) in [5.41, 5.74) is 2.86. The number of aromatic nitrogens is 1. The van der Waals surface area contributed by atoms with Crippen LogP contribution < -0.4 is 5.32 Å². The van der Waals surface area contributed by atoms with E-state index in [1.165, 1.54) is 0 Å². The fraction of sp³-hybridized carbons (Fsp3) is 0.273. The molecule has 2 heterocycles. The Labute approximate surface area is 164 Å². The van der Waals surface area contributed by atoms with Crippen LogP contribution >= 0.6 is 11.6 Å². The number of piperazine rings is 1. The van der Waals surface area contributed by atoms with Crippen LogP contribution in [-0.2, 0) is 11.2 Å². The molecule has 0 spiro atoms. The number of hydrogen-bond acceptors (Lipinski definition) is 3. The van der Waals surface area contributed by atoms with Gasteiger partial charge in [-0.15, -0.1) is 0 Å². The number of fused-ring (bicyclic) bond motifs is 1. The number of hydrogen-bond donors (Lipinski definition) is 1. The summed E-state index contributed by atoms with van der Waals surface area (Å²) in [7, 11) is 0. The van der Waals surface area contributed by atoms with Crippen molar-refractivity contribution in [3.63, 3.8) is 0 Å². The van der Waals surface area contributed by atoms with Crippen LogP contribution in [0.25, 0.3) is 10.9 Å². The molecular formula is C22H22ClN3O. The van der Waals surface area contributed by atoms with Crippen LogP contribution in [0.4, 0.5) is 0 Å². The van der Waals surface area contributed by atoms with Crippen LogP contribution in [0.15, 0.2) is 60.7 Å². The van der Waals surface area contributed by atoms with Gasteiger partial charge in [-0.3, -0.25) is 9.78 Å². The summed E-state index contributed by atoms with van der Waals surface area (Å²) in [5.74, 6) is -0.0396. The summed E-state index contributed by atoms with van der Waals surface area (Å²) in [4.78, 5) is 20.0. The van der Waals surface area contributed by atoms with Gasteiger partial charge < -0.3 is 10.2 Å². The van der Waals surface area contributed by atoms with Gasteiger partial charge in [-0.25, -0.2) is 0 Å². The van der Waals surface area contributed by atoms with Gasteiger partial charge in [0, 0.05) is 48.7 Å². The molecule has 5 heteroatoms. The first-order valence-corrected chi connectivity index (χ1v) is 9.68. The lowest BCUT2D eigenvalue weighted by Gasteiger charge is -2.31. The summed E-state index contributed by atoms with van der Waals surface area (Å²) in [5, 5.41) is 5.02. The minimum Gasteiger partial charge on any atom is -0.340 e. The van der Waals surface area contributed by atoms with Gasteiger partial charge in [-0.1, -0.05) is 48.0 Å². The minimum atomic E-state index is -0.221. The lowest BCUT2D eigenvalue weighted by molar-refractivity contribution is -0.133. The van der Waals surface area contributed by atoms with E-state index < -0.39 is 0 Å². The number of nitrogens with one attached hydrogen (secondary N) is 1. The van der Waals surface area contributed by atoms with Crippen LogP contribution in [0, 0.1) is 0 Å². The second-order valence-corrected chi connectivity index (χ2v) is 7.32. The van der Waals surface area contributed by atoms with E-state index in [-0.39, 0.29) is 11.8 Å². The maximum Gasteiger partial charge on any atom is 0.230 e. The zero-order valence-corrected chi connectivity index (χ0v) is 15.8. The van der Waals surface area contributed by atoms with Crippen molar-refractivity contribution in [2.75, 3.05) is 26.2 Å². The predicted molar refractivity (Wildman–Crippen MR) is 109 cm³/mol. The van der Waals surface area contributed by atoms with E-state index in [0.29, 0.717) is 11.4 Å². The third-order valence-corrected chi connectivity index (χ3v) is 5.29. The topological polar surface area (TPSA) is 45.2 Å². The summed E-state index contributed by atoms with van der Waals surface area (Å²) in [6, 6.07) is 19.7. The van der Waals surface area contributed by atoms with Crippen LogP contribution in [0.1, 0.15) is 17.2 Å². The molecule has 1 unspecified atom stereocenters.